The number of carbonyl (C=O) groups is 1. The lowest BCUT2D eigenvalue weighted by atomic mass is 10.2. The quantitative estimate of drug-likeness (QED) is 0.654. The van der Waals surface area contributed by atoms with Gasteiger partial charge in [0.2, 0.25) is 5.95 Å². The Labute approximate surface area is 155 Å². The maximum absolute atomic E-state index is 12.3. The smallest absolute Gasteiger partial charge is 0.275 e. The summed E-state index contributed by atoms with van der Waals surface area (Å²) in [4.78, 5) is 20.6. The number of aromatic nitrogens is 3. The van der Waals surface area contributed by atoms with Crippen LogP contribution in [0.4, 0.5) is 11.8 Å². The maximum atomic E-state index is 12.3. The van der Waals surface area contributed by atoms with Gasteiger partial charge in [0.25, 0.3) is 5.91 Å². The van der Waals surface area contributed by atoms with Gasteiger partial charge in [-0.3, -0.25) is 4.79 Å². The Balaban J connectivity index is 1.66. The number of aryl methyl sites for hydroxylation is 1. The first kappa shape index (κ1) is 18.2. The minimum absolute atomic E-state index is 0.209. The van der Waals surface area contributed by atoms with Gasteiger partial charge in [-0.15, -0.1) is 0 Å². The number of hydrogen-bond donors (Lipinski definition) is 2. The number of carbonyl (C=O) groups excluding carboxylic acids is 1. The Kier molecular flexibility index (Phi) is 5.50. The second-order valence-electron chi connectivity index (χ2n) is 5.59. The van der Waals surface area contributed by atoms with Crippen LogP contribution in [0.5, 0.6) is 11.5 Å². The number of hydrogen-bond acceptors (Lipinski definition) is 8. The minimum Gasteiger partial charge on any atom is -0.493 e. The fourth-order valence-corrected chi connectivity index (χ4v) is 2.35. The average Bonchev–Trinajstić information content (AvgIpc) is 3.10. The topological polar surface area (TPSA) is 111 Å². The molecule has 0 radical (unpaired) electrons. The molecule has 2 heterocycles. The van der Waals surface area contributed by atoms with Gasteiger partial charge >= 0.3 is 0 Å². The Morgan fingerprint density at radius 3 is 2.67 bits per heavy atom. The van der Waals surface area contributed by atoms with Gasteiger partial charge in [0, 0.05) is 18.8 Å². The van der Waals surface area contributed by atoms with Crippen molar-refractivity contribution in [2.24, 2.45) is 0 Å². The van der Waals surface area contributed by atoms with Crippen LogP contribution in [0.15, 0.2) is 41.1 Å². The number of anilines is 2. The van der Waals surface area contributed by atoms with E-state index in [0.29, 0.717) is 35.6 Å². The highest BCUT2D eigenvalue weighted by molar-refractivity contribution is 6.02. The molecule has 0 spiro atoms. The summed E-state index contributed by atoms with van der Waals surface area (Å²) in [7, 11) is 3.16. The first-order valence-corrected chi connectivity index (χ1v) is 8.11. The Morgan fingerprint density at radius 2 is 1.96 bits per heavy atom. The molecular weight excluding hydrogens is 350 g/mol. The van der Waals surface area contributed by atoms with E-state index in [0.717, 1.165) is 5.56 Å². The van der Waals surface area contributed by atoms with Gasteiger partial charge in [-0.2, -0.15) is 0 Å². The summed E-state index contributed by atoms with van der Waals surface area (Å²) in [5, 5.41) is 9.42. The number of benzene rings is 1. The van der Waals surface area contributed by atoms with E-state index in [1.807, 2.05) is 18.2 Å². The number of nitrogens with one attached hydrogen (secondary N) is 2. The summed E-state index contributed by atoms with van der Waals surface area (Å²) in [5.41, 5.74) is 1.16. The zero-order valence-electron chi connectivity index (χ0n) is 15.1. The van der Waals surface area contributed by atoms with Crippen molar-refractivity contribution < 1.29 is 18.8 Å². The third-order valence-electron chi connectivity index (χ3n) is 3.66. The first-order chi connectivity index (χ1) is 13.1. The van der Waals surface area contributed by atoms with E-state index in [1.165, 1.54) is 12.3 Å². The Bertz CT molecular complexity index is 941. The molecule has 27 heavy (non-hydrogen) atoms. The van der Waals surface area contributed by atoms with Crippen molar-refractivity contribution in [1.82, 2.24) is 15.1 Å². The summed E-state index contributed by atoms with van der Waals surface area (Å²) in [6.07, 6.45) is 1.51. The van der Waals surface area contributed by atoms with Gasteiger partial charge in [0.1, 0.15) is 11.5 Å². The molecule has 0 aliphatic heterocycles. The normalized spacial score (nSPS) is 10.3. The molecular formula is C18H19N5O4. The van der Waals surface area contributed by atoms with Gasteiger partial charge in [0.05, 0.1) is 14.2 Å². The minimum atomic E-state index is -0.403. The van der Waals surface area contributed by atoms with Crippen molar-refractivity contribution in [1.29, 1.82) is 0 Å². The molecule has 1 amide bonds. The van der Waals surface area contributed by atoms with Gasteiger partial charge in [-0.1, -0.05) is 11.2 Å². The molecule has 1 aromatic carbocycles. The van der Waals surface area contributed by atoms with Crippen LogP contribution in [0.25, 0.3) is 0 Å². The van der Waals surface area contributed by atoms with E-state index in [2.05, 4.69) is 25.8 Å². The van der Waals surface area contributed by atoms with Crippen molar-refractivity contribution >= 4 is 17.7 Å². The second-order valence-corrected chi connectivity index (χ2v) is 5.59. The fourth-order valence-electron chi connectivity index (χ4n) is 2.35. The molecule has 2 aromatic heterocycles. The summed E-state index contributed by atoms with van der Waals surface area (Å²) < 4.78 is 15.4. The van der Waals surface area contributed by atoms with Gasteiger partial charge in [-0.05, 0) is 30.7 Å². The lowest BCUT2D eigenvalue weighted by Gasteiger charge is -2.10. The van der Waals surface area contributed by atoms with Crippen LogP contribution in [0.1, 0.15) is 21.8 Å². The molecule has 9 heteroatoms. The third-order valence-corrected chi connectivity index (χ3v) is 3.66. The van der Waals surface area contributed by atoms with Crippen LogP contribution in [0.3, 0.4) is 0 Å². The lowest BCUT2D eigenvalue weighted by molar-refractivity contribution is 0.102. The molecule has 3 aromatic rings. The molecule has 0 unspecified atom stereocenters. The van der Waals surface area contributed by atoms with Crippen LogP contribution >= 0.6 is 0 Å². The fraction of sp³-hybridized carbons (Fsp3) is 0.222. The molecule has 0 aliphatic rings. The highest BCUT2D eigenvalue weighted by Gasteiger charge is 2.12. The van der Waals surface area contributed by atoms with E-state index in [9.17, 15) is 4.79 Å². The van der Waals surface area contributed by atoms with Gasteiger partial charge < -0.3 is 24.6 Å². The zero-order chi connectivity index (χ0) is 19.2. The Morgan fingerprint density at radius 1 is 1.15 bits per heavy atom. The first-order valence-electron chi connectivity index (χ1n) is 8.11. The molecule has 0 saturated heterocycles. The molecule has 0 atom stereocenters. The number of rotatable bonds is 7. The van der Waals surface area contributed by atoms with Crippen molar-refractivity contribution in [3.8, 4) is 11.5 Å². The monoisotopic (exact) mass is 369 g/mol. The SMILES string of the molecule is COc1ccc(CNc2nccc(C(=O)Nc3cc(C)on3)n2)cc1OC. The highest BCUT2D eigenvalue weighted by Crippen LogP contribution is 2.27. The largest absolute Gasteiger partial charge is 0.493 e. The molecule has 3 rings (SSSR count). The Hall–Kier alpha value is -3.62. The van der Waals surface area contributed by atoms with Crippen LogP contribution in [-0.4, -0.2) is 35.3 Å². The average molecular weight is 369 g/mol. The van der Waals surface area contributed by atoms with Gasteiger partial charge in [-0.25, -0.2) is 9.97 Å². The predicted octanol–water partition coefficient (Wildman–Crippen LogP) is 2.65. The molecule has 9 nitrogen and oxygen atoms in total. The lowest BCUT2D eigenvalue weighted by Crippen LogP contribution is -2.15. The van der Waals surface area contributed by atoms with Crippen LogP contribution in [0.2, 0.25) is 0 Å². The molecule has 140 valence electrons. The summed E-state index contributed by atoms with van der Waals surface area (Å²) in [6.45, 7) is 2.19. The van der Waals surface area contributed by atoms with Crippen LogP contribution in [-0.2, 0) is 6.54 Å². The molecule has 0 saturated carbocycles. The number of methoxy groups -OCH3 is 2. The molecule has 0 aliphatic carbocycles. The van der Waals surface area contributed by atoms with Crippen LogP contribution in [0, 0.1) is 6.92 Å². The van der Waals surface area contributed by atoms with E-state index < -0.39 is 5.91 Å². The van der Waals surface area contributed by atoms with E-state index in [4.69, 9.17) is 14.0 Å². The number of nitrogens with zero attached hydrogens (tertiary/aromatic N) is 3. The third kappa shape index (κ3) is 4.51. The predicted molar refractivity (Wildman–Crippen MR) is 98.1 cm³/mol. The van der Waals surface area contributed by atoms with Crippen molar-refractivity contribution in [2.45, 2.75) is 13.5 Å². The summed E-state index contributed by atoms with van der Waals surface area (Å²) in [5.74, 6) is 2.14. The molecule has 0 bridgehead atoms. The maximum Gasteiger partial charge on any atom is 0.275 e. The molecule has 0 fully saturated rings. The van der Waals surface area contributed by atoms with E-state index in [-0.39, 0.29) is 5.69 Å². The standard InChI is InChI=1S/C18H19N5O4/c1-11-8-16(23-27-11)22-17(24)13-6-7-19-18(21-13)20-10-12-4-5-14(25-2)15(9-12)26-3/h4-9H,10H2,1-3H3,(H,19,20,21)(H,22,23,24). The van der Waals surface area contributed by atoms with Crippen LogP contribution < -0.4 is 20.1 Å². The van der Waals surface area contributed by atoms with Crippen molar-refractivity contribution in [3.05, 3.63) is 53.5 Å². The highest BCUT2D eigenvalue weighted by atomic mass is 16.5. The second kappa shape index (κ2) is 8.17. The molecule has 2 N–H and O–H groups in total. The summed E-state index contributed by atoms with van der Waals surface area (Å²) in [6, 6.07) is 8.72. The summed E-state index contributed by atoms with van der Waals surface area (Å²) >= 11 is 0. The van der Waals surface area contributed by atoms with Crippen molar-refractivity contribution in [2.75, 3.05) is 24.9 Å². The van der Waals surface area contributed by atoms with E-state index in [1.54, 1.807) is 27.2 Å². The van der Waals surface area contributed by atoms with E-state index >= 15 is 0 Å². The number of amides is 1. The zero-order valence-corrected chi connectivity index (χ0v) is 15.1. The van der Waals surface area contributed by atoms with Gasteiger partial charge in [0.15, 0.2) is 17.3 Å². The number of ether oxygens (including phenoxy) is 2. The van der Waals surface area contributed by atoms with Crippen molar-refractivity contribution in [3.63, 3.8) is 0 Å².